The summed E-state index contributed by atoms with van der Waals surface area (Å²) >= 11 is 0. The fraction of sp³-hybridized carbons (Fsp3) is 0.731. The summed E-state index contributed by atoms with van der Waals surface area (Å²) in [5.74, 6) is -0.0100. The molecule has 10 heteroatoms. The van der Waals surface area contributed by atoms with Crippen molar-refractivity contribution in [2.24, 2.45) is 0 Å². The van der Waals surface area contributed by atoms with Crippen molar-refractivity contribution in [2.75, 3.05) is 73.0 Å². The van der Waals surface area contributed by atoms with E-state index in [4.69, 9.17) is 23.7 Å². The SMILES string of the molecule is CNCCOCCOCCOCCNC(=O)Cc1ccc(SSC(C)OCCCCOC(C)C)cc1. The van der Waals surface area contributed by atoms with Crippen LogP contribution in [0.4, 0.5) is 0 Å². The summed E-state index contributed by atoms with van der Waals surface area (Å²) < 4.78 is 27.7. The Kier molecular flexibility index (Phi) is 21.5. The van der Waals surface area contributed by atoms with Crippen molar-refractivity contribution in [3.05, 3.63) is 29.8 Å². The first-order valence-corrected chi connectivity index (χ1v) is 15.0. The van der Waals surface area contributed by atoms with E-state index < -0.39 is 0 Å². The number of ether oxygens (including phenoxy) is 5. The normalized spacial score (nSPS) is 12.2. The molecule has 1 amide bonds. The molecule has 0 heterocycles. The number of likely N-dealkylation sites (N-methyl/N-ethyl adjacent to an activating group) is 1. The molecule has 0 radical (unpaired) electrons. The van der Waals surface area contributed by atoms with Gasteiger partial charge in [0.2, 0.25) is 5.91 Å². The zero-order valence-corrected chi connectivity index (χ0v) is 24.1. The van der Waals surface area contributed by atoms with Crippen LogP contribution in [-0.2, 0) is 34.9 Å². The van der Waals surface area contributed by atoms with Crippen molar-refractivity contribution in [1.29, 1.82) is 0 Å². The van der Waals surface area contributed by atoms with Gasteiger partial charge < -0.3 is 34.3 Å². The molecule has 2 N–H and O–H groups in total. The number of rotatable bonds is 24. The molecule has 0 saturated heterocycles. The highest BCUT2D eigenvalue weighted by molar-refractivity contribution is 8.76. The summed E-state index contributed by atoms with van der Waals surface area (Å²) in [5.41, 5.74) is 1.10. The standard InChI is InChI=1S/C26H46N2O6S2/c1-22(2)33-13-5-6-14-34-23(3)35-36-25-9-7-24(8-10-25)21-26(29)28-12-16-31-18-20-32-19-17-30-15-11-27-4/h7-10,22-23,27H,5-6,11-21H2,1-4H3,(H,28,29). The van der Waals surface area contributed by atoms with Gasteiger partial charge in [-0.2, -0.15) is 0 Å². The van der Waals surface area contributed by atoms with E-state index in [-0.39, 0.29) is 17.4 Å². The van der Waals surface area contributed by atoms with E-state index in [0.717, 1.165) is 43.1 Å². The number of benzene rings is 1. The number of carbonyl (C=O) groups excluding carboxylic acids is 1. The average Bonchev–Trinajstić information content (AvgIpc) is 2.86. The molecule has 1 rings (SSSR count). The van der Waals surface area contributed by atoms with Gasteiger partial charge >= 0.3 is 0 Å². The Hall–Kier alpha value is -0.850. The molecule has 1 unspecified atom stereocenters. The highest BCUT2D eigenvalue weighted by atomic mass is 33.1. The summed E-state index contributed by atoms with van der Waals surface area (Å²) in [6.45, 7) is 12.3. The molecule has 0 aliphatic heterocycles. The summed E-state index contributed by atoms with van der Waals surface area (Å²) in [6.07, 6.45) is 2.67. The lowest BCUT2D eigenvalue weighted by atomic mass is 10.1. The molecule has 0 saturated carbocycles. The minimum absolute atomic E-state index is 0.0100. The summed E-state index contributed by atoms with van der Waals surface area (Å²) in [7, 11) is 5.28. The van der Waals surface area contributed by atoms with Gasteiger partial charge in [0.25, 0.3) is 0 Å². The van der Waals surface area contributed by atoms with Gasteiger partial charge in [0.05, 0.1) is 52.2 Å². The van der Waals surface area contributed by atoms with Gasteiger partial charge in [-0.15, -0.1) is 0 Å². The van der Waals surface area contributed by atoms with Gasteiger partial charge in [0, 0.05) is 31.2 Å². The van der Waals surface area contributed by atoms with Crippen molar-refractivity contribution in [3.63, 3.8) is 0 Å². The molecule has 0 aliphatic rings. The van der Waals surface area contributed by atoms with E-state index in [0.29, 0.717) is 52.6 Å². The highest BCUT2D eigenvalue weighted by Gasteiger charge is 2.07. The Labute approximate surface area is 225 Å². The fourth-order valence-corrected chi connectivity index (χ4v) is 4.70. The summed E-state index contributed by atoms with van der Waals surface area (Å²) in [5, 5.41) is 5.91. The molecule has 0 spiro atoms. The van der Waals surface area contributed by atoms with Gasteiger partial charge in [0.15, 0.2) is 0 Å². The van der Waals surface area contributed by atoms with Crippen molar-refractivity contribution in [1.82, 2.24) is 10.6 Å². The molecule has 1 atom stereocenters. The first-order valence-electron chi connectivity index (χ1n) is 12.8. The van der Waals surface area contributed by atoms with Crippen molar-refractivity contribution in [3.8, 4) is 0 Å². The molecule has 0 aliphatic carbocycles. The lowest BCUT2D eigenvalue weighted by molar-refractivity contribution is -0.120. The lowest BCUT2D eigenvalue weighted by Gasteiger charge is -2.12. The lowest BCUT2D eigenvalue weighted by Crippen LogP contribution is -2.29. The molecule has 0 fully saturated rings. The minimum atomic E-state index is -0.0100. The van der Waals surface area contributed by atoms with E-state index >= 15 is 0 Å². The maximum Gasteiger partial charge on any atom is 0.224 e. The van der Waals surface area contributed by atoms with E-state index in [1.165, 1.54) is 0 Å². The molecule has 0 bridgehead atoms. The molecular weight excluding hydrogens is 500 g/mol. The van der Waals surface area contributed by atoms with Gasteiger partial charge in [-0.25, -0.2) is 0 Å². The van der Waals surface area contributed by atoms with Crippen LogP contribution in [0.2, 0.25) is 0 Å². The molecule has 8 nitrogen and oxygen atoms in total. The topological polar surface area (TPSA) is 87.3 Å². The van der Waals surface area contributed by atoms with E-state index in [1.807, 2.05) is 31.3 Å². The Morgan fingerprint density at radius 1 is 0.806 bits per heavy atom. The second-order valence-electron chi connectivity index (χ2n) is 8.36. The van der Waals surface area contributed by atoms with Crippen molar-refractivity contribution in [2.45, 2.75) is 56.5 Å². The highest BCUT2D eigenvalue weighted by Crippen LogP contribution is 2.34. The Bertz CT molecular complexity index is 652. The Morgan fingerprint density at radius 3 is 2.00 bits per heavy atom. The molecule has 0 aromatic heterocycles. The molecule has 36 heavy (non-hydrogen) atoms. The molecular formula is C26H46N2O6S2. The Morgan fingerprint density at radius 2 is 1.39 bits per heavy atom. The molecule has 1 aromatic carbocycles. The number of hydrogen-bond donors (Lipinski definition) is 2. The number of amides is 1. The predicted molar refractivity (Wildman–Crippen MR) is 149 cm³/mol. The average molecular weight is 547 g/mol. The molecule has 1 aromatic rings. The third kappa shape index (κ3) is 20.2. The van der Waals surface area contributed by atoms with Crippen LogP contribution in [0.15, 0.2) is 29.2 Å². The predicted octanol–water partition coefficient (Wildman–Crippen LogP) is 3.92. The number of carbonyl (C=O) groups is 1. The number of hydrogen-bond acceptors (Lipinski definition) is 9. The second kappa shape index (κ2) is 23.3. The van der Waals surface area contributed by atoms with Crippen LogP contribution >= 0.6 is 21.6 Å². The van der Waals surface area contributed by atoms with E-state index in [1.54, 1.807) is 21.6 Å². The first-order chi connectivity index (χ1) is 17.5. The van der Waals surface area contributed by atoms with Crippen LogP contribution in [0, 0.1) is 0 Å². The van der Waals surface area contributed by atoms with E-state index in [9.17, 15) is 4.79 Å². The van der Waals surface area contributed by atoms with Crippen LogP contribution in [0.1, 0.15) is 39.2 Å². The van der Waals surface area contributed by atoms with Gasteiger partial charge in [-0.05, 0) is 58.4 Å². The van der Waals surface area contributed by atoms with Crippen LogP contribution < -0.4 is 10.6 Å². The van der Waals surface area contributed by atoms with Crippen LogP contribution in [0.3, 0.4) is 0 Å². The maximum absolute atomic E-state index is 12.2. The van der Waals surface area contributed by atoms with Crippen LogP contribution in [0.5, 0.6) is 0 Å². The van der Waals surface area contributed by atoms with Crippen LogP contribution in [-0.4, -0.2) is 90.4 Å². The third-order valence-electron chi connectivity index (χ3n) is 4.72. The largest absolute Gasteiger partial charge is 0.379 e. The Balaban J connectivity index is 2.02. The minimum Gasteiger partial charge on any atom is -0.379 e. The van der Waals surface area contributed by atoms with Gasteiger partial charge in [0.1, 0.15) is 5.44 Å². The number of nitrogens with one attached hydrogen (secondary N) is 2. The first kappa shape index (κ1) is 33.2. The summed E-state index contributed by atoms with van der Waals surface area (Å²) in [6, 6.07) is 8.09. The van der Waals surface area contributed by atoms with Gasteiger partial charge in [-0.3, -0.25) is 4.79 Å². The summed E-state index contributed by atoms with van der Waals surface area (Å²) in [4.78, 5) is 13.3. The van der Waals surface area contributed by atoms with Crippen molar-refractivity contribution < 1.29 is 28.5 Å². The monoisotopic (exact) mass is 546 g/mol. The van der Waals surface area contributed by atoms with Crippen molar-refractivity contribution >= 4 is 27.5 Å². The van der Waals surface area contributed by atoms with Crippen LogP contribution in [0.25, 0.3) is 0 Å². The second-order valence-corrected chi connectivity index (χ2v) is 10.9. The van der Waals surface area contributed by atoms with Gasteiger partial charge in [-0.1, -0.05) is 33.7 Å². The maximum atomic E-state index is 12.2. The van der Waals surface area contributed by atoms with E-state index in [2.05, 4.69) is 31.4 Å². The molecule has 208 valence electrons. The third-order valence-corrected chi connectivity index (χ3v) is 7.37. The zero-order chi connectivity index (χ0) is 26.3. The quantitative estimate of drug-likeness (QED) is 0.114. The fourth-order valence-electron chi connectivity index (χ4n) is 2.81. The zero-order valence-electron chi connectivity index (χ0n) is 22.4. The smallest absolute Gasteiger partial charge is 0.224 e. The number of unbranched alkanes of at least 4 members (excludes halogenated alkanes) is 1.